The number of amidine groups is 1. The van der Waals surface area contributed by atoms with E-state index in [2.05, 4.69) is 23.5 Å². The number of allylic oxidation sites excluding steroid dienone is 3. The zero-order chi connectivity index (χ0) is 26.5. The van der Waals surface area contributed by atoms with Crippen LogP contribution in [0.2, 0.25) is 0 Å². The van der Waals surface area contributed by atoms with Gasteiger partial charge >= 0.3 is 6.18 Å². The molecule has 0 saturated heterocycles. The van der Waals surface area contributed by atoms with Crippen LogP contribution >= 0.6 is 11.6 Å². The Kier molecular flexibility index (Phi) is 8.86. The Bertz CT molecular complexity index is 1080. The van der Waals surface area contributed by atoms with E-state index in [0.717, 1.165) is 18.4 Å². The molecule has 1 rings (SSSR count). The zero-order valence-corrected chi connectivity index (χ0v) is 19.0. The van der Waals surface area contributed by atoms with Crippen molar-refractivity contribution in [3.63, 3.8) is 0 Å². The van der Waals surface area contributed by atoms with Gasteiger partial charge in [-0.25, -0.2) is 4.39 Å². The molecule has 0 aromatic rings. The third kappa shape index (κ3) is 6.06. The van der Waals surface area contributed by atoms with Crippen LogP contribution in [0.1, 0.15) is 13.8 Å². The van der Waals surface area contributed by atoms with E-state index in [0.29, 0.717) is 13.1 Å². The van der Waals surface area contributed by atoms with E-state index in [1.165, 1.54) is 6.92 Å². The van der Waals surface area contributed by atoms with Crippen molar-refractivity contribution >= 4 is 23.3 Å². The molecule has 0 unspecified atom stereocenters. The highest BCUT2D eigenvalue weighted by Gasteiger charge is 2.59. The van der Waals surface area contributed by atoms with Crippen molar-refractivity contribution in [3.8, 4) is 6.07 Å². The van der Waals surface area contributed by atoms with Crippen molar-refractivity contribution in [1.82, 2.24) is 5.32 Å². The third-order valence-electron chi connectivity index (χ3n) is 4.77. The minimum Gasteiger partial charge on any atom is -0.404 e. The number of ether oxygens (including phenoxy) is 1. The smallest absolute Gasteiger partial charge is 0.404 e. The van der Waals surface area contributed by atoms with Crippen LogP contribution in [-0.4, -0.2) is 35.7 Å². The van der Waals surface area contributed by atoms with E-state index < -0.39 is 41.5 Å². The van der Waals surface area contributed by atoms with Gasteiger partial charge in [0.25, 0.3) is 5.91 Å². The molecular formula is C21H23ClF4N6O2. The number of nitrogens with zero attached hydrogens (tertiary/aromatic N) is 2. The fourth-order valence-corrected chi connectivity index (χ4v) is 2.78. The average Bonchev–Trinajstić information content (AvgIpc) is 2.76. The van der Waals surface area contributed by atoms with Gasteiger partial charge in [-0.3, -0.25) is 9.79 Å². The SMILES string of the molecule is C=C(/C=C(\C(F)=C/N)[C@]1(C)CO[C@@](C)(C(F)(F)F)C(N)=N1)NC(=O)C(=C)/C(Cl)=C\C(C#N)=C/N. The first kappa shape index (κ1) is 28.5. The number of hydrogen-bond donors (Lipinski definition) is 4. The van der Waals surface area contributed by atoms with Crippen LogP contribution < -0.4 is 22.5 Å². The number of nitriles is 1. The number of alkyl halides is 3. The third-order valence-corrected chi connectivity index (χ3v) is 5.11. The highest BCUT2D eigenvalue weighted by molar-refractivity contribution is 6.35. The molecule has 0 aliphatic carbocycles. The van der Waals surface area contributed by atoms with Gasteiger partial charge in [-0.1, -0.05) is 24.8 Å². The Morgan fingerprint density at radius 1 is 1.29 bits per heavy atom. The number of hydrogen-bond acceptors (Lipinski definition) is 7. The molecule has 1 amide bonds. The van der Waals surface area contributed by atoms with Gasteiger partial charge in [0.1, 0.15) is 23.3 Å². The summed E-state index contributed by atoms with van der Waals surface area (Å²) in [4.78, 5) is 16.2. The maximum absolute atomic E-state index is 14.6. The molecule has 184 valence electrons. The number of nitrogens with two attached hydrogens (primary N) is 3. The molecule has 0 saturated carbocycles. The summed E-state index contributed by atoms with van der Waals surface area (Å²) in [5, 5.41) is 10.9. The molecule has 0 aromatic heterocycles. The Labute approximate surface area is 198 Å². The van der Waals surface area contributed by atoms with Crippen LogP contribution in [0.5, 0.6) is 0 Å². The predicted molar refractivity (Wildman–Crippen MR) is 120 cm³/mol. The summed E-state index contributed by atoms with van der Waals surface area (Å²) >= 11 is 5.95. The van der Waals surface area contributed by atoms with Gasteiger partial charge in [0.05, 0.1) is 22.8 Å². The number of halogens is 5. The molecule has 7 N–H and O–H groups in total. The van der Waals surface area contributed by atoms with Gasteiger partial charge in [0.2, 0.25) is 5.60 Å². The highest BCUT2D eigenvalue weighted by Crippen LogP contribution is 2.41. The average molecular weight is 503 g/mol. The van der Waals surface area contributed by atoms with Gasteiger partial charge in [-0.2, -0.15) is 18.4 Å². The van der Waals surface area contributed by atoms with Crippen LogP contribution in [0.3, 0.4) is 0 Å². The Morgan fingerprint density at radius 2 is 1.88 bits per heavy atom. The zero-order valence-electron chi connectivity index (χ0n) is 18.3. The van der Waals surface area contributed by atoms with Gasteiger partial charge in [-0.05, 0) is 26.0 Å². The number of nitrogens with one attached hydrogen (secondary N) is 1. The van der Waals surface area contributed by atoms with Crippen molar-refractivity contribution in [2.24, 2.45) is 22.2 Å². The summed E-state index contributed by atoms with van der Waals surface area (Å²) in [5.74, 6) is -2.87. The molecule has 1 heterocycles. The summed E-state index contributed by atoms with van der Waals surface area (Å²) in [6.07, 6.45) is -1.26. The molecule has 0 spiro atoms. The molecule has 0 fully saturated rings. The lowest BCUT2D eigenvalue weighted by molar-refractivity contribution is -0.247. The van der Waals surface area contributed by atoms with E-state index in [4.69, 9.17) is 38.8 Å². The predicted octanol–water partition coefficient (Wildman–Crippen LogP) is 2.82. The van der Waals surface area contributed by atoms with Gasteiger partial charge < -0.3 is 27.3 Å². The van der Waals surface area contributed by atoms with Crippen LogP contribution in [0, 0.1) is 11.3 Å². The summed E-state index contributed by atoms with van der Waals surface area (Å²) in [6.45, 7) is 8.30. The number of rotatable bonds is 7. The first-order valence-corrected chi connectivity index (χ1v) is 9.69. The first-order valence-electron chi connectivity index (χ1n) is 9.31. The molecule has 1 aliphatic heterocycles. The van der Waals surface area contributed by atoms with Gasteiger partial charge in [0, 0.05) is 23.7 Å². The normalized spacial score (nSPS) is 24.7. The van der Waals surface area contributed by atoms with E-state index in [1.807, 2.05) is 0 Å². The number of amides is 1. The Morgan fingerprint density at radius 3 is 2.32 bits per heavy atom. The van der Waals surface area contributed by atoms with E-state index >= 15 is 0 Å². The molecule has 13 heteroatoms. The minimum absolute atomic E-state index is 0.0401. The minimum atomic E-state index is -4.87. The topological polar surface area (TPSA) is 153 Å². The fourth-order valence-electron chi connectivity index (χ4n) is 2.58. The Balaban J connectivity index is 3.29. The van der Waals surface area contributed by atoms with Crippen molar-refractivity contribution in [2.75, 3.05) is 6.61 Å². The lowest BCUT2D eigenvalue weighted by atomic mass is 9.88. The summed E-state index contributed by atoms with van der Waals surface area (Å²) in [6, 6.07) is 1.73. The number of carbonyl (C=O) groups is 1. The molecule has 2 atom stereocenters. The monoisotopic (exact) mass is 502 g/mol. The van der Waals surface area contributed by atoms with Gasteiger partial charge in [-0.15, -0.1) is 0 Å². The molecule has 0 bridgehead atoms. The quantitative estimate of drug-likeness (QED) is 0.182. The van der Waals surface area contributed by atoms with E-state index in [1.54, 1.807) is 6.07 Å². The fraction of sp³-hybridized carbons (Fsp3) is 0.286. The van der Waals surface area contributed by atoms with Crippen LogP contribution in [0.25, 0.3) is 0 Å². The second kappa shape index (κ2) is 10.6. The maximum atomic E-state index is 14.6. The lowest BCUT2D eigenvalue weighted by Crippen LogP contribution is -2.61. The van der Waals surface area contributed by atoms with E-state index in [9.17, 15) is 22.4 Å². The second-order valence-electron chi connectivity index (χ2n) is 7.35. The molecule has 0 aromatic carbocycles. The second-order valence-corrected chi connectivity index (χ2v) is 7.75. The molecule has 1 aliphatic rings. The summed E-state index contributed by atoms with van der Waals surface area (Å²) in [7, 11) is 0. The molecule has 8 nitrogen and oxygen atoms in total. The van der Waals surface area contributed by atoms with E-state index in [-0.39, 0.29) is 27.4 Å². The van der Waals surface area contributed by atoms with Crippen molar-refractivity contribution in [2.45, 2.75) is 31.2 Å². The van der Waals surface area contributed by atoms with Crippen molar-refractivity contribution < 1.29 is 27.1 Å². The van der Waals surface area contributed by atoms with Crippen LogP contribution in [0.4, 0.5) is 17.6 Å². The standard InChI is InChI=1S/C21H23ClF4N6O2/c1-11(31-17(33)12(2)15(22)6-13(7-27)8-28)5-14(16(23)9-29)19(3)10-34-20(4,18(30)32-19)21(24,25)26/h5-7,9H,1-2,10,27,29H2,3-4H3,(H2,30,32)(H,31,33)/b13-7+,14-5+,15-6+,16-9+/t19-,20+/m0/s1. The maximum Gasteiger partial charge on any atom is 0.424 e. The highest BCUT2D eigenvalue weighted by atomic mass is 35.5. The molecular weight excluding hydrogens is 480 g/mol. The van der Waals surface area contributed by atoms with Crippen molar-refractivity contribution in [1.29, 1.82) is 5.26 Å². The summed E-state index contributed by atoms with van der Waals surface area (Å²) in [5.41, 5.74) is 10.5. The largest absolute Gasteiger partial charge is 0.424 e. The lowest BCUT2D eigenvalue weighted by Gasteiger charge is -2.41. The number of carbonyl (C=O) groups excluding carboxylic acids is 1. The molecule has 34 heavy (non-hydrogen) atoms. The molecule has 0 radical (unpaired) electrons. The van der Waals surface area contributed by atoms with Crippen LogP contribution in [0.15, 0.2) is 76.0 Å². The van der Waals surface area contributed by atoms with Crippen molar-refractivity contribution in [3.05, 3.63) is 71.0 Å². The Hall–Kier alpha value is -3.56. The first-order chi connectivity index (χ1) is 15.6. The summed E-state index contributed by atoms with van der Waals surface area (Å²) < 4.78 is 59.6. The van der Waals surface area contributed by atoms with Gasteiger partial charge in [0.15, 0.2) is 0 Å². The number of aliphatic imine (C=N–C) groups is 1. The van der Waals surface area contributed by atoms with Crippen LogP contribution in [-0.2, 0) is 9.53 Å².